The predicted octanol–water partition coefficient (Wildman–Crippen LogP) is 5.61. The van der Waals surface area contributed by atoms with E-state index in [-0.39, 0.29) is 17.7 Å². The van der Waals surface area contributed by atoms with Gasteiger partial charge < -0.3 is 5.32 Å². The first-order chi connectivity index (χ1) is 12.3. The molecule has 0 unspecified atom stereocenters. The summed E-state index contributed by atoms with van der Waals surface area (Å²) in [5, 5.41) is 13.9. The third kappa shape index (κ3) is 4.11. The lowest BCUT2D eigenvalue weighted by atomic mass is 9.72. The highest BCUT2D eigenvalue weighted by Crippen LogP contribution is 2.44. The Bertz CT molecular complexity index is 856. The van der Waals surface area contributed by atoms with Crippen LogP contribution in [0.25, 0.3) is 0 Å². The molecule has 2 aromatic rings. The minimum atomic E-state index is -0.102. The van der Waals surface area contributed by atoms with Crippen molar-refractivity contribution in [2.45, 2.75) is 46.5 Å². The molecule has 26 heavy (non-hydrogen) atoms. The lowest BCUT2D eigenvalue weighted by molar-refractivity contribution is -0.115. The molecule has 1 N–H and O–H groups in total. The highest BCUT2D eigenvalue weighted by molar-refractivity contribution is 7.16. The maximum absolute atomic E-state index is 12.4. The fraction of sp³-hybridized carbons (Fsp3) is 0.429. The standard InChI is InChI=1S/C21H23ClN2OS/c1-21(2,3)14-6-9-16-17(12-23)20(26-18(16)11-14)24-19(25)10-13-4-7-15(22)8-5-13/h4-5,7-8,14H,6,9-11H2,1-3H3,(H,24,25)/t14-/m0/s1. The normalized spacial score (nSPS) is 16.7. The number of halogens is 1. The van der Waals surface area contributed by atoms with Gasteiger partial charge in [-0.15, -0.1) is 11.3 Å². The molecule has 0 fully saturated rings. The Hall–Kier alpha value is -1.83. The number of rotatable bonds is 3. The first-order valence-electron chi connectivity index (χ1n) is 8.87. The summed E-state index contributed by atoms with van der Waals surface area (Å²) in [4.78, 5) is 13.7. The molecular weight excluding hydrogens is 364 g/mol. The number of amides is 1. The summed E-state index contributed by atoms with van der Waals surface area (Å²) < 4.78 is 0. The average Bonchev–Trinajstić information content (AvgIpc) is 2.92. The van der Waals surface area contributed by atoms with E-state index in [1.807, 2.05) is 12.1 Å². The van der Waals surface area contributed by atoms with Gasteiger partial charge in [-0.05, 0) is 53.9 Å². The summed E-state index contributed by atoms with van der Waals surface area (Å²) in [6.45, 7) is 6.82. The van der Waals surface area contributed by atoms with Gasteiger partial charge in [-0.3, -0.25) is 4.79 Å². The van der Waals surface area contributed by atoms with Crippen molar-refractivity contribution >= 4 is 33.8 Å². The number of benzene rings is 1. The van der Waals surface area contributed by atoms with E-state index in [1.54, 1.807) is 23.5 Å². The Morgan fingerprint density at radius 3 is 2.65 bits per heavy atom. The van der Waals surface area contributed by atoms with Crippen molar-refractivity contribution in [3.63, 3.8) is 0 Å². The monoisotopic (exact) mass is 386 g/mol. The van der Waals surface area contributed by atoms with Crippen LogP contribution in [0.4, 0.5) is 5.00 Å². The van der Waals surface area contributed by atoms with Crippen molar-refractivity contribution in [1.82, 2.24) is 0 Å². The molecule has 1 atom stereocenters. The first-order valence-corrected chi connectivity index (χ1v) is 10.1. The van der Waals surface area contributed by atoms with Crippen molar-refractivity contribution in [1.29, 1.82) is 5.26 Å². The zero-order valence-corrected chi connectivity index (χ0v) is 16.9. The van der Waals surface area contributed by atoms with E-state index in [0.717, 1.165) is 30.4 Å². The van der Waals surface area contributed by atoms with Crippen molar-refractivity contribution < 1.29 is 4.79 Å². The molecule has 1 aromatic heterocycles. The topological polar surface area (TPSA) is 52.9 Å². The average molecular weight is 387 g/mol. The highest BCUT2D eigenvalue weighted by atomic mass is 35.5. The first kappa shape index (κ1) is 18.9. The molecule has 1 heterocycles. The molecule has 5 heteroatoms. The second-order valence-electron chi connectivity index (χ2n) is 7.98. The van der Waals surface area contributed by atoms with Crippen LogP contribution in [0.15, 0.2) is 24.3 Å². The van der Waals surface area contributed by atoms with Gasteiger partial charge in [0.05, 0.1) is 12.0 Å². The number of nitriles is 1. The van der Waals surface area contributed by atoms with E-state index in [0.29, 0.717) is 21.5 Å². The van der Waals surface area contributed by atoms with Crippen LogP contribution in [0, 0.1) is 22.7 Å². The van der Waals surface area contributed by atoms with Gasteiger partial charge in [0.2, 0.25) is 5.91 Å². The fourth-order valence-electron chi connectivity index (χ4n) is 3.49. The molecule has 0 bridgehead atoms. The summed E-state index contributed by atoms with van der Waals surface area (Å²) in [7, 11) is 0. The van der Waals surface area contributed by atoms with Crippen LogP contribution in [0.5, 0.6) is 0 Å². The van der Waals surface area contributed by atoms with Gasteiger partial charge in [0.25, 0.3) is 0 Å². The van der Waals surface area contributed by atoms with Gasteiger partial charge in [-0.2, -0.15) is 5.26 Å². The zero-order chi connectivity index (χ0) is 18.9. The van der Waals surface area contributed by atoms with Crippen LogP contribution >= 0.6 is 22.9 Å². The summed E-state index contributed by atoms with van der Waals surface area (Å²) >= 11 is 7.46. The van der Waals surface area contributed by atoms with Crippen molar-refractivity contribution in [2.75, 3.05) is 5.32 Å². The van der Waals surface area contributed by atoms with E-state index in [4.69, 9.17) is 11.6 Å². The molecule has 1 aromatic carbocycles. The third-order valence-corrected chi connectivity index (χ3v) is 6.55. The molecule has 0 radical (unpaired) electrons. The van der Waals surface area contributed by atoms with Crippen LogP contribution in [-0.2, 0) is 24.1 Å². The Morgan fingerprint density at radius 1 is 1.35 bits per heavy atom. The van der Waals surface area contributed by atoms with Crippen LogP contribution in [0.1, 0.15) is 48.8 Å². The molecule has 0 aliphatic heterocycles. The predicted molar refractivity (Wildman–Crippen MR) is 108 cm³/mol. The maximum Gasteiger partial charge on any atom is 0.229 e. The SMILES string of the molecule is CC(C)(C)[C@H]1CCc2c(sc(NC(=O)Cc3ccc(Cl)cc3)c2C#N)C1. The molecule has 0 saturated heterocycles. The van der Waals surface area contributed by atoms with Gasteiger partial charge >= 0.3 is 0 Å². The van der Waals surface area contributed by atoms with Gasteiger partial charge in [-0.1, -0.05) is 44.5 Å². The van der Waals surface area contributed by atoms with Crippen molar-refractivity contribution in [3.8, 4) is 6.07 Å². The smallest absolute Gasteiger partial charge is 0.229 e. The number of hydrogen-bond donors (Lipinski definition) is 1. The summed E-state index contributed by atoms with van der Waals surface area (Å²) in [6, 6.07) is 9.57. The highest BCUT2D eigenvalue weighted by Gasteiger charge is 2.32. The fourth-order valence-corrected chi connectivity index (χ4v) is 4.91. The number of fused-ring (bicyclic) bond motifs is 1. The lowest BCUT2D eigenvalue weighted by Crippen LogP contribution is -2.26. The van der Waals surface area contributed by atoms with Gasteiger partial charge in [0.1, 0.15) is 11.1 Å². The number of hydrogen-bond acceptors (Lipinski definition) is 3. The molecule has 1 amide bonds. The second kappa shape index (κ2) is 7.42. The summed E-state index contributed by atoms with van der Waals surface area (Å²) in [5.74, 6) is 0.507. The van der Waals surface area contributed by atoms with E-state index in [9.17, 15) is 10.1 Å². The van der Waals surface area contributed by atoms with Gasteiger partial charge in [-0.25, -0.2) is 0 Å². The lowest BCUT2D eigenvalue weighted by Gasteiger charge is -2.33. The Balaban J connectivity index is 1.77. The van der Waals surface area contributed by atoms with Gasteiger partial charge in [0, 0.05) is 9.90 Å². The van der Waals surface area contributed by atoms with Crippen LogP contribution < -0.4 is 5.32 Å². The molecule has 1 aliphatic rings. The summed E-state index contributed by atoms with van der Waals surface area (Å²) in [6.07, 6.45) is 3.28. The van der Waals surface area contributed by atoms with Crippen molar-refractivity contribution in [3.05, 3.63) is 50.9 Å². The van der Waals surface area contributed by atoms with E-state index < -0.39 is 0 Å². The Morgan fingerprint density at radius 2 is 2.04 bits per heavy atom. The number of carbonyl (C=O) groups is 1. The maximum atomic E-state index is 12.4. The van der Waals surface area contributed by atoms with E-state index in [1.165, 1.54) is 4.88 Å². The molecule has 3 nitrogen and oxygen atoms in total. The minimum absolute atomic E-state index is 0.102. The van der Waals surface area contributed by atoms with Crippen molar-refractivity contribution in [2.24, 2.45) is 11.3 Å². The third-order valence-electron chi connectivity index (χ3n) is 5.13. The molecule has 136 valence electrons. The quantitative estimate of drug-likeness (QED) is 0.745. The molecular formula is C21H23ClN2OS. The molecule has 0 spiro atoms. The second-order valence-corrected chi connectivity index (χ2v) is 9.52. The molecule has 0 saturated carbocycles. The van der Waals surface area contributed by atoms with Crippen LogP contribution in [-0.4, -0.2) is 5.91 Å². The van der Waals surface area contributed by atoms with Gasteiger partial charge in [0.15, 0.2) is 0 Å². The molecule has 1 aliphatic carbocycles. The Labute approximate surface area is 164 Å². The molecule has 3 rings (SSSR count). The number of thiophene rings is 1. The van der Waals surface area contributed by atoms with E-state index in [2.05, 4.69) is 32.2 Å². The Kier molecular flexibility index (Phi) is 5.41. The van der Waals surface area contributed by atoms with Crippen LogP contribution in [0.2, 0.25) is 5.02 Å². The zero-order valence-electron chi connectivity index (χ0n) is 15.4. The van der Waals surface area contributed by atoms with E-state index >= 15 is 0 Å². The summed E-state index contributed by atoms with van der Waals surface area (Å²) in [5.41, 5.74) is 2.95. The largest absolute Gasteiger partial charge is 0.316 e. The number of carbonyl (C=O) groups excluding carboxylic acids is 1. The van der Waals surface area contributed by atoms with Crippen LogP contribution in [0.3, 0.4) is 0 Å². The number of nitrogens with zero attached hydrogens (tertiary/aromatic N) is 1. The number of anilines is 1. The minimum Gasteiger partial charge on any atom is -0.316 e. The number of nitrogens with one attached hydrogen (secondary N) is 1.